The first-order valence-electron chi connectivity index (χ1n) is 7.16. The lowest BCUT2D eigenvalue weighted by atomic mass is 10.2. The molecule has 0 heterocycles. The summed E-state index contributed by atoms with van der Waals surface area (Å²) in [6, 6.07) is 0. The maximum absolute atomic E-state index is 11.5. The summed E-state index contributed by atoms with van der Waals surface area (Å²) in [5, 5.41) is 13.7. The number of carbonyl (C=O) groups excluding carboxylic acids is 2. The molecular formula is C14H26N2O5. The quantitative estimate of drug-likeness (QED) is 0.562. The van der Waals surface area contributed by atoms with Crippen LogP contribution in [0.2, 0.25) is 0 Å². The Kier molecular flexibility index (Phi) is 9.16. The van der Waals surface area contributed by atoms with Gasteiger partial charge in [-0.05, 0) is 33.6 Å². The van der Waals surface area contributed by atoms with E-state index >= 15 is 0 Å². The minimum atomic E-state index is -0.799. The molecule has 0 saturated heterocycles. The van der Waals surface area contributed by atoms with E-state index in [2.05, 4.69) is 10.6 Å². The number of unbranched alkanes of at least 4 members (excludes halogenated alkanes) is 2. The van der Waals surface area contributed by atoms with Crippen LogP contribution in [0.15, 0.2) is 0 Å². The van der Waals surface area contributed by atoms with Gasteiger partial charge in [0.25, 0.3) is 0 Å². The average molecular weight is 302 g/mol. The van der Waals surface area contributed by atoms with Crippen molar-refractivity contribution in [3.63, 3.8) is 0 Å². The van der Waals surface area contributed by atoms with Crippen LogP contribution in [-0.4, -0.2) is 41.8 Å². The summed E-state index contributed by atoms with van der Waals surface area (Å²) in [6.45, 7) is 6.04. The second-order valence-corrected chi connectivity index (χ2v) is 5.73. The van der Waals surface area contributed by atoms with E-state index in [0.717, 1.165) is 12.8 Å². The van der Waals surface area contributed by atoms with Gasteiger partial charge < -0.3 is 20.5 Å². The molecule has 0 fully saturated rings. The third-order valence-corrected chi connectivity index (χ3v) is 2.41. The molecule has 0 rings (SSSR count). The topological polar surface area (TPSA) is 105 Å². The number of hydrogen-bond acceptors (Lipinski definition) is 4. The summed E-state index contributed by atoms with van der Waals surface area (Å²) in [6.07, 6.45) is 1.94. The third kappa shape index (κ3) is 14.4. The van der Waals surface area contributed by atoms with E-state index in [1.165, 1.54) is 0 Å². The van der Waals surface area contributed by atoms with Crippen molar-refractivity contribution in [2.75, 3.05) is 13.1 Å². The van der Waals surface area contributed by atoms with E-state index in [1.807, 2.05) is 0 Å². The third-order valence-electron chi connectivity index (χ3n) is 2.41. The van der Waals surface area contributed by atoms with Crippen molar-refractivity contribution in [1.29, 1.82) is 0 Å². The number of carbonyl (C=O) groups is 3. The van der Waals surface area contributed by atoms with Crippen molar-refractivity contribution >= 4 is 18.0 Å². The molecule has 21 heavy (non-hydrogen) atoms. The van der Waals surface area contributed by atoms with Crippen LogP contribution in [-0.2, 0) is 14.3 Å². The van der Waals surface area contributed by atoms with E-state index in [1.54, 1.807) is 20.8 Å². The van der Waals surface area contributed by atoms with Crippen molar-refractivity contribution in [3.8, 4) is 0 Å². The molecule has 7 nitrogen and oxygen atoms in total. The van der Waals surface area contributed by atoms with Crippen molar-refractivity contribution in [2.24, 2.45) is 0 Å². The Morgan fingerprint density at radius 3 is 2.19 bits per heavy atom. The van der Waals surface area contributed by atoms with E-state index in [9.17, 15) is 14.4 Å². The van der Waals surface area contributed by atoms with Crippen LogP contribution >= 0.6 is 0 Å². The van der Waals surface area contributed by atoms with Gasteiger partial charge in [0.2, 0.25) is 5.91 Å². The smallest absolute Gasteiger partial charge is 0.407 e. The maximum atomic E-state index is 11.5. The van der Waals surface area contributed by atoms with Gasteiger partial charge in [-0.1, -0.05) is 6.42 Å². The highest BCUT2D eigenvalue weighted by molar-refractivity contribution is 5.77. The molecule has 0 atom stereocenters. The minimum absolute atomic E-state index is 0.149. The van der Waals surface area contributed by atoms with Gasteiger partial charge in [-0.15, -0.1) is 0 Å². The van der Waals surface area contributed by atoms with Crippen LogP contribution < -0.4 is 10.6 Å². The molecule has 0 aliphatic heterocycles. The Balaban J connectivity index is 3.50. The molecule has 0 spiro atoms. The number of alkyl carbamates (subject to hydrolysis) is 1. The summed E-state index contributed by atoms with van der Waals surface area (Å²) in [5.41, 5.74) is -0.553. The zero-order valence-electron chi connectivity index (χ0n) is 13.0. The minimum Gasteiger partial charge on any atom is -0.481 e. The molecule has 122 valence electrons. The number of aliphatic carboxylic acids is 1. The van der Waals surface area contributed by atoms with Gasteiger partial charge in [-0.25, -0.2) is 4.79 Å². The monoisotopic (exact) mass is 302 g/mol. The molecule has 0 aromatic rings. The number of ether oxygens (including phenoxy) is 1. The maximum Gasteiger partial charge on any atom is 0.407 e. The SMILES string of the molecule is CC(C)(C)OC(=O)NCCC(=O)NCCCCCC(=O)O. The number of amides is 2. The lowest BCUT2D eigenvalue weighted by Gasteiger charge is -2.19. The summed E-state index contributed by atoms with van der Waals surface area (Å²) < 4.78 is 5.03. The van der Waals surface area contributed by atoms with E-state index < -0.39 is 17.7 Å². The van der Waals surface area contributed by atoms with Crippen LogP contribution in [0.4, 0.5) is 4.79 Å². The largest absolute Gasteiger partial charge is 0.481 e. The van der Waals surface area contributed by atoms with Crippen LogP contribution in [0.25, 0.3) is 0 Å². The Bertz CT molecular complexity index is 350. The first-order chi connectivity index (χ1) is 9.70. The number of hydrogen-bond donors (Lipinski definition) is 3. The fourth-order valence-corrected chi connectivity index (χ4v) is 1.49. The van der Waals surface area contributed by atoms with Gasteiger partial charge >= 0.3 is 12.1 Å². The highest BCUT2D eigenvalue weighted by Gasteiger charge is 2.15. The fourth-order valence-electron chi connectivity index (χ4n) is 1.49. The zero-order chi connectivity index (χ0) is 16.3. The number of carboxylic acids is 1. The number of rotatable bonds is 9. The van der Waals surface area contributed by atoms with Crippen molar-refractivity contribution in [1.82, 2.24) is 10.6 Å². The molecule has 2 amide bonds. The summed E-state index contributed by atoms with van der Waals surface area (Å²) >= 11 is 0. The van der Waals surface area contributed by atoms with Gasteiger partial charge in [0.1, 0.15) is 5.60 Å². The number of carboxylic acid groups (broad SMARTS) is 1. The van der Waals surface area contributed by atoms with Gasteiger partial charge in [-0.3, -0.25) is 9.59 Å². The summed E-state index contributed by atoms with van der Waals surface area (Å²) in [4.78, 5) is 33.1. The van der Waals surface area contributed by atoms with Crippen molar-refractivity contribution < 1.29 is 24.2 Å². The molecule has 0 saturated carbocycles. The molecule has 0 unspecified atom stereocenters. The van der Waals surface area contributed by atoms with Gasteiger partial charge in [0.05, 0.1) is 0 Å². The molecule has 7 heteroatoms. The Morgan fingerprint density at radius 1 is 0.952 bits per heavy atom. The summed E-state index contributed by atoms with van der Waals surface area (Å²) in [5.74, 6) is -0.948. The predicted molar refractivity (Wildman–Crippen MR) is 78.0 cm³/mol. The first-order valence-corrected chi connectivity index (χ1v) is 7.16. The molecule has 0 radical (unpaired) electrons. The predicted octanol–water partition coefficient (Wildman–Crippen LogP) is 1.66. The van der Waals surface area contributed by atoms with Gasteiger partial charge in [0.15, 0.2) is 0 Å². The molecule has 0 aromatic carbocycles. The molecule has 0 bridgehead atoms. The van der Waals surface area contributed by atoms with Crippen molar-refractivity contribution in [3.05, 3.63) is 0 Å². The van der Waals surface area contributed by atoms with Gasteiger partial charge in [0, 0.05) is 25.9 Å². The molecule has 0 aliphatic rings. The fraction of sp³-hybridized carbons (Fsp3) is 0.786. The highest BCUT2D eigenvalue weighted by Crippen LogP contribution is 2.06. The van der Waals surface area contributed by atoms with Crippen LogP contribution in [0.1, 0.15) is 52.9 Å². The van der Waals surface area contributed by atoms with Gasteiger partial charge in [-0.2, -0.15) is 0 Å². The average Bonchev–Trinajstić information content (AvgIpc) is 2.30. The normalized spacial score (nSPS) is 10.8. The molecule has 0 aromatic heterocycles. The lowest BCUT2D eigenvalue weighted by molar-refractivity contribution is -0.137. The van der Waals surface area contributed by atoms with Crippen LogP contribution in [0, 0.1) is 0 Å². The van der Waals surface area contributed by atoms with E-state index in [4.69, 9.17) is 9.84 Å². The van der Waals surface area contributed by atoms with E-state index in [-0.39, 0.29) is 25.3 Å². The second kappa shape index (κ2) is 10.0. The second-order valence-electron chi connectivity index (χ2n) is 5.73. The molecular weight excluding hydrogens is 276 g/mol. The Morgan fingerprint density at radius 2 is 1.62 bits per heavy atom. The molecule has 3 N–H and O–H groups in total. The highest BCUT2D eigenvalue weighted by atomic mass is 16.6. The van der Waals surface area contributed by atoms with Crippen LogP contribution in [0.5, 0.6) is 0 Å². The first kappa shape index (κ1) is 19.2. The lowest BCUT2D eigenvalue weighted by Crippen LogP contribution is -2.35. The zero-order valence-corrected chi connectivity index (χ0v) is 13.0. The van der Waals surface area contributed by atoms with Crippen LogP contribution in [0.3, 0.4) is 0 Å². The Hall–Kier alpha value is -1.79. The van der Waals surface area contributed by atoms with E-state index in [0.29, 0.717) is 13.0 Å². The van der Waals surface area contributed by atoms with Crippen molar-refractivity contribution in [2.45, 2.75) is 58.5 Å². The number of nitrogens with one attached hydrogen (secondary N) is 2. The summed E-state index contributed by atoms with van der Waals surface area (Å²) in [7, 11) is 0. The Labute approximate surface area is 125 Å². The standard InChI is InChI=1S/C14H26N2O5/c1-14(2,3)21-13(20)16-10-8-11(17)15-9-6-4-5-7-12(18)19/h4-10H2,1-3H3,(H,15,17)(H,16,20)(H,18,19). The molecule has 0 aliphatic carbocycles.